The summed E-state index contributed by atoms with van der Waals surface area (Å²) in [6.45, 7) is 8.20. The van der Waals surface area contributed by atoms with Gasteiger partial charge in [0.1, 0.15) is 6.04 Å². The number of hydrogen-bond donors (Lipinski definition) is 3. The van der Waals surface area contributed by atoms with Gasteiger partial charge in [0.2, 0.25) is 5.91 Å². The van der Waals surface area contributed by atoms with Crippen molar-refractivity contribution in [3.05, 3.63) is 108 Å². The summed E-state index contributed by atoms with van der Waals surface area (Å²) in [4.78, 5) is 16.2. The average Bonchev–Trinajstić information content (AvgIpc) is 2.96. The third-order valence-electron chi connectivity index (χ3n) is 7.63. The fourth-order valence-corrected chi connectivity index (χ4v) is 5.65. The van der Waals surface area contributed by atoms with Gasteiger partial charge < -0.3 is 20.9 Å². The summed E-state index contributed by atoms with van der Waals surface area (Å²) in [5, 5.41) is 11.3. The minimum atomic E-state index is -0.473. The first-order valence-electron chi connectivity index (χ1n) is 14.5. The molecule has 3 atom stereocenters. The molecule has 3 aromatic rings. The average molecular weight is 557 g/mol. The molecule has 0 spiro atoms. The quantitative estimate of drug-likeness (QED) is 0.260. The topological polar surface area (TPSA) is 56.4 Å². The first kappa shape index (κ1) is 29.8. The Morgan fingerprint density at radius 1 is 0.800 bits per heavy atom. The number of carbonyl (C=O) groups is 1. The molecule has 5 nitrogen and oxygen atoms in total. The SMILES string of the molecule is CC(C)(C)[C@H](NC(=S)N[C@H]1CCCC[C@@H]1NCc1ccccc1)C(=O)N(Cc1ccccc1)Cc1ccccc1. The lowest BCUT2D eigenvalue weighted by molar-refractivity contribution is -0.137. The molecule has 0 aliphatic heterocycles. The van der Waals surface area contributed by atoms with Crippen LogP contribution in [0.25, 0.3) is 0 Å². The van der Waals surface area contributed by atoms with Gasteiger partial charge in [-0.25, -0.2) is 0 Å². The molecule has 0 heterocycles. The Balaban J connectivity index is 1.45. The van der Waals surface area contributed by atoms with E-state index in [1.807, 2.05) is 47.4 Å². The molecule has 40 heavy (non-hydrogen) atoms. The third-order valence-corrected chi connectivity index (χ3v) is 7.86. The molecular weight excluding hydrogens is 512 g/mol. The Kier molecular flexibility index (Phi) is 10.7. The van der Waals surface area contributed by atoms with Crippen LogP contribution in [0.15, 0.2) is 91.0 Å². The zero-order chi connectivity index (χ0) is 28.4. The van der Waals surface area contributed by atoms with Gasteiger partial charge >= 0.3 is 0 Å². The second kappa shape index (κ2) is 14.4. The number of rotatable bonds is 10. The van der Waals surface area contributed by atoms with E-state index >= 15 is 0 Å². The van der Waals surface area contributed by atoms with Crippen LogP contribution in [0.5, 0.6) is 0 Å². The molecule has 3 N–H and O–H groups in total. The van der Waals surface area contributed by atoms with Crippen molar-refractivity contribution in [2.75, 3.05) is 0 Å². The van der Waals surface area contributed by atoms with Crippen molar-refractivity contribution in [3.63, 3.8) is 0 Å². The fourth-order valence-electron chi connectivity index (χ4n) is 5.38. The van der Waals surface area contributed by atoms with Crippen LogP contribution in [-0.4, -0.2) is 34.0 Å². The van der Waals surface area contributed by atoms with Crippen molar-refractivity contribution >= 4 is 23.2 Å². The summed E-state index contributed by atoms with van der Waals surface area (Å²) in [6.07, 6.45) is 4.54. The zero-order valence-electron chi connectivity index (χ0n) is 24.1. The van der Waals surface area contributed by atoms with E-state index in [1.54, 1.807) is 0 Å². The van der Waals surface area contributed by atoms with Crippen molar-refractivity contribution in [2.45, 2.75) is 84.2 Å². The lowest BCUT2D eigenvalue weighted by Crippen LogP contribution is -2.59. The maximum Gasteiger partial charge on any atom is 0.246 e. The summed E-state index contributed by atoms with van der Waals surface area (Å²) in [6, 6.07) is 31.0. The minimum Gasteiger partial charge on any atom is -0.358 e. The molecule has 1 fully saturated rings. The molecule has 0 unspecified atom stereocenters. The molecule has 1 amide bonds. The molecule has 0 saturated heterocycles. The number of benzene rings is 3. The van der Waals surface area contributed by atoms with Gasteiger partial charge in [-0.2, -0.15) is 0 Å². The number of nitrogens with one attached hydrogen (secondary N) is 3. The molecule has 1 aliphatic carbocycles. The van der Waals surface area contributed by atoms with E-state index in [9.17, 15) is 4.79 Å². The molecule has 0 aromatic heterocycles. The first-order valence-corrected chi connectivity index (χ1v) is 14.9. The third kappa shape index (κ3) is 8.90. The highest BCUT2D eigenvalue weighted by Crippen LogP contribution is 2.24. The highest BCUT2D eigenvalue weighted by atomic mass is 32.1. The van der Waals surface area contributed by atoms with Gasteiger partial charge in [0.15, 0.2) is 5.11 Å². The minimum absolute atomic E-state index is 0.0479. The van der Waals surface area contributed by atoms with Crippen LogP contribution < -0.4 is 16.0 Å². The van der Waals surface area contributed by atoms with Gasteiger partial charge in [-0.05, 0) is 47.2 Å². The van der Waals surface area contributed by atoms with E-state index < -0.39 is 6.04 Å². The van der Waals surface area contributed by atoms with Gasteiger partial charge in [0, 0.05) is 31.7 Å². The Bertz CT molecular complexity index is 1160. The number of nitrogens with zero attached hydrogens (tertiary/aromatic N) is 1. The zero-order valence-corrected chi connectivity index (χ0v) is 24.9. The van der Waals surface area contributed by atoms with Crippen LogP contribution in [0.2, 0.25) is 0 Å². The van der Waals surface area contributed by atoms with Crippen molar-refractivity contribution in [3.8, 4) is 0 Å². The van der Waals surface area contributed by atoms with Gasteiger partial charge in [-0.15, -0.1) is 0 Å². The van der Waals surface area contributed by atoms with E-state index in [1.165, 1.54) is 18.4 Å². The van der Waals surface area contributed by atoms with Gasteiger partial charge in [-0.3, -0.25) is 4.79 Å². The van der Waals surface area contributed by atoms with Crippen LogP contribution in [0.3, 0.4) is 0 Å². The first-order chi connectivity index (χ1) is 19.3. The molecule has 212 valence electrons. The lowest BCUT2D eigenvalue weighted by atomic mass is 9.85. The Morgan fingerprint density at radius 3 is 1.77 bits per heavy atom. The maximum atomic E-state index is 14.2. The molecule has 1 aliphatic rings. The van der Waals surface area contributed by atoms with Crippen molar-refractivity contribution in [1.29, 1.82) is 0 Å². The van der Waals surface area contributed by atoms with Crippen LogP contribution in [0, 0.1) is 5.41 Å². The largest absolute Gasteiger partial charge is 0.358 e. The second-order valence-corrected chi connectivity index (χ2v) is 12.4. The van der Waals surface area contributed by atoms with E-state index in [4.69, 9.17) is 12.2 Å². The van der Waals surface area contributed by atoms with Gasteiger partial charge in [0.05, 0.1) is 0 Å². The summed E-state index contributed by atoms with van der Waals surface area (Å²) < 4.78 is 0. The van der Waals surface area contributed by atoms with Crippen molar-refractivity contribution in [1.82, 2.24) is 20.9 Å². The predicted octanol–water partition coefficient (Wildman–Crippen LogP) is 6.20. The van der Waals surface area contributed by atoms with Gasteiger partial charge in [0.25, 0.3) is 0 Å². The Labute approximate surface area is 245 Å². The molecule has 3 aromatic carbocycles. The predicted molar refractivity (Wildman–Crippen MR) is 169 cm³/mol. The van der Waals surface area contributed by atoms with Crippen molar-refractivity contribution in [2.24, 2.45) is 5.41 Å². The smallest absolute Gasteiger partial charge is 0.246 e. The monoisotopic (exact) mass is 556 g/mol. The van der Waals surface area contributed by atoms with Crippen LogP contribution in [0.1, 0.15) is 63.1 Å². The van der Waals surface area contributed by atoms with E-state index in [0.29, 0.717) is 24.2 Å². The number of hydrogen-bond acceptors (Lipinski definition) is 3. The van der Waals surface area contributed by atoms with E-state index in [2.05, 4.69) is 85.3 Å². The Hall–Kier alpha value is -3.22. The number of carbonyl (C=O) groups excluding carboxylic acids is 1. The van der Waals surface area contributed by atoms with Gasteiger partial charge in [-0.1, -0.05) is 125 Å². The summed E-state index contributed by atoms with van der Waals surface area (Å²) >= 11 is 5.86. The van der Waals surface area contributed by atoms with Crippen molar-refractivity contribution < 1.29 is 4.79 Å². The second-order valence-electron chi connectivity index (χ2n) is 11.9. The normalized spacial score (nSPS) is 18.0. The number of amides is 1. The maximum absolute atomic E-state index is 14.2. The summed E-state index contributed by atoms with van der Waals surface area (Å²) in [5.41, 5.74) is 3.15. The van der Waals surface area contributed by atoms with Crippen LogP contribution in [0.4, 0.5) is 0 Å². The lowest BCUT2D eigenvalue weighted by Gasteiger charge is -2.38. The molecular formula is C34H44N4OS. The molecule has 0 bridgehead atoms. The fraction of sp³-hybridized carbons (Fsp3) is 0.412. The standard InChI is InChI=1S/C34H44N4OS/c1-34(2,3)31(32(39)38(24-27-17-9-5-10-18-27)25-28-19-11-6-12-20-28)37-33(40)36-30-22-14-13-21-29(30)35-23-26-15-7-4-8-16-26/h4-12,15-20,29-31,35H,13-14,21-25H2,1-3H3,(H2,36,37,40)/t29-,30-,31+/m0/s1. The Morgan fingerprint density at radius 2 is 1.27 bits per heavy atom. The molecule has 0 radical (unpaired) electrons. The highest BCUT2D eigenvalue weighted by Gasteiger charge is 2.36. The van der Waals surface area contributed by atoms with Crippen LogP contribution >= 0.6 is 12.2 Å². The van der Waals surface area contributed by atoms with E-state index in [0.717, 1.165) is 30.5 Å². The summed E-state index contributed by atoms with van der Waals surface area (Å²) in [7, 11) is 0. The van der Waals surface area contributed by atoms with Crippen LogP contribution in [-0.2, 0) is 24.4 Å². The number of thiocarbonyl (C=S) groups is 1. The van der Waals surface area contributed by atoms with E-state index in [-0.39, 0.29) is 17.4 Å². The summed E-state index contributed by atoms with van der Waals surface area (Å²) in [5.74, 6) is 0.0479. The highest BCUT2D eigenvalue weighted by molar-refractivity contribution is 7.80. The molecule has 6 heteroatoms. The molecule has 1 saturated carbocycles. The molecule has 4 rings (SSSR count).